The number of carbonyl (C=O) groups excluding carboxylic acids is 1. The molecule has 0 spiro atoms. The lowest BCUT2D eigenvalue weighted by molar-refractivity contribution is -0.115. The van der Waals surface area contributed by atoms with Crippen LogP contribution in [0.2, 0.25) is 0 Å². The summed E-state index contributed by atoms with van der Waals surface area (Å²) >= 11 is 3.37. The zero-order valence-electron chi connectivity index (χ0n) is 13.0. The van der Waals surface area contributed by atoms with E-state index in [0.29, 0.717) is 18.1 Å². The summed E-state index contributed by atoms with van der Waals surface area (Å²) in [5.41, 5.74) is 0.912. The third-order valence-corrected chi connectivity index (χ3v) is 3.61. The molecule has 0 saturated heterocycles. The maximum absolute atomic E-state index is 11.9. The van der Waals surface area contributed by atoms with Gasteiger partial charge in [-0.05, 0) is 30.2 Å². The van der Waals surface area contributed by atoms with Gasteiger partial charge in [0.1, 0.15) is 0 Å². The highest BCUT2D eigenvalue weighted by molar-refractivity contribution is 9.09. The number of rotatable bonds is 8. The van der Waals surface area contributed by atoms with Gasteiger partial charge in [0.25, 0.3) is 0 Å². The lowest BCUT2D eigenvalue weighted by atomic mass is 10.2. The molecular weight excluding hydrogens is 356 g/mol. The van der Waals surface area contributed by atoms with Crippen LogP contribution in [-0.4, -0.2) is 17.7 Å². The smallest absolute Gasteiger partial charge is 0.194 e. The summed E-state index contributed by atoms with van der Waals surface area (Å²) in [4.78, 5) is 11.9. The van der Waals surface area contributed by atoms with Crippen molar-refractivity contribution in [3.63, 3.8) is 0 Å². The third kappa shape index (κ3) is 5.57. The van der Waals surface area contributed by atoms with Crippen LogP contribution in [-0.2, 0) is 4.79 Å². The number of para-hydroxylation sites is 2. The van der Waals surface area contributed by atoms with E-state index >= 15 is 0 Å². The molecule has 0 aliphatic carbocycles. The molecule has 23 heavy (non-hydrogen) atoms. The van der Waals surface area contributed by atoms with Crippen LogP contribution in [0.15, 0.2) is 60.4 Å². The Kier molecular flexibility index (Phi) is 6.88. The van der Waals surface area contributed by atoms with Gasteiger partial charge in [0.15, 0.2) is 23.0 Å². The van der Waals surface area contributed by atoms with Crippen molar-refractivity contribution in [3.8, 4) is 11.5 Å². The molecule has 2 aromatic carbocycles. The summed E-state index contributed by atoms with van der Waals surface area (Å²) in [6.45, 7) is 2.08. The maximum atomic E-state index is 11.9. The quantitative estimate of drug-likeness (QED) is 0.286. The van der Waals surface area contributed by atoms with Crippen LogP contribution in [0.4, 0.5) is 0 Å². The highest BCUT2D eigenvalue weighted by atomic mass is 79.9. The molecule has 0 saturated carbocycles. The van der Waals surface area contributed by atoms with E-state index < -0.39 is 0 Å². The van der Waals surface area contributed by atoms with Crippen molar-refractivity contribution in [1.82, 2.24) is 0 Å². The first-order valence-electron chi connectivity index (χ1n) is 7.44. The summed E-state index contributed by atoms with van der Waals surface area (Å²) in [7, 11) is 0. The predicted octanol–water partition coefficient (Wildman–Crippen LogP) is 4.86. The Balaban J connectivity index is 2.21. The fourth-order valence-electron chi connectivity index (χ4n) is 1.91. The number of hydrogen-bond acceptors (Lipinski definition) is 3. The minimum absolute atomic E-state index is 0.135. The van der Waals surface area contributed by atoms with E-state index in [-0.39, 0.29) is 11.5 Å². The van der Waals surface area contributed by atoms with Crippen LogP contribution in [0.25, 0.3) is 6.08 Å². The molecule has 120 valence electrons. The number of carbonyl (C=O) groups is 1. The Morgan fingerprint density at radius 2 is 1.70 bits per heavy atom. The molecule has 0 aliphatic rings. The molecule has 0 unspecified atom stereocenters. The lowest BCUT2D eigenvalue weighted by Gasteiger charge is -2.13. The topological polar surface area (TPSA) is 35.5 Å². The molecule has 3 nitrogen and oxygen atoms in total. The summed E-state index contributed by atoms with van der Waals surface area (Å²) in [5, 5.41) is 0.878. The molecule has 0 atom stereocenters. The van der Waals surface area contributed by atoms with Crippen LogP contribution in [0.1, 0.15) is 18.9 Å². The Bertz CT molecular complexity index is 665. The molecule has 2 aromatic rings. The molecule has 0 aliphatic heterocycles. The van der Waals surface area contributed by atoms with Crippen molar-refractivity contribution in [1.29, 1.82) is 0 Å². The van der Waals surface area contributed by atoms with Gasteiger partial charge < -0.3 is 9.47 Å². The van der Waals surface area contributed by atoms with Gasteiger partial charge in [-0.1, -0.05) is 58.4 Å². The van der Waals surface area contributed by atoms with Crippen molar-refractivity contribution < 1.29 is 14.3 Å². The van der Waals surface area contributed by atoms with E-state index in [1.54, 1.807) is 12.1 Å². The van der Waals surface area contributed by atoms with Gasteiger partial charge in [0.05, 0.1) is 6.61 Å². The summed E-state index contributed by atoms with van der Waals surface area (Å²) < 4.78 is 11.5. The van der Waals surface area contributed by atoms with Gasteiger partial charge in [-0.2, -0.15) is 0 Å². The minimum atomic E-state index is -0.135. The van der Waals surface area contributed by atoms with Gasteiger partial charge in [0.2, 0.25) is 0 Å². The first-order valence-corrected chi connectivity index (χ1v) is 8.56. The Morgan fingerprint density at radius 1 is 1.04 bits per heavy atom. The second kappa shape index (κ2) is 9.16. The molecule has 2 rings (SSSR count). The molecule has 0 fully saturated rings. The molecule has 0 bridgehead atoms. The second-order valence-corrected chi connectivity index (χ2v) is 5.71. The van der Waals surface area contributed by atoms with Crippen LogP contribution >= 0.6 is 15.9 Å². The highest BCUT2D eigenvalue weighted by Gasteiger charge is 2.11. The van der Waals surface area contributed by atoms with Crippen LogP contribution in [0.3, 0.4) is 0 Å². The van der Waals surface area contributed by atoms with Crippen molar-refractivity contribution >= 4 is 27.8 Å². The summed E-state index contributed by atoms with van der Waals surface area (Å²) in [6.07, 6.45) is 2.63. The maximum Gasteiger partial charge on any atom is 0.194 e. The van der Waals surface area contributed by atoms with Crippen LogP contribution in [0.5, 0.6) is 11.5 Å². The number of ketones is 1. The van der Waals surface area contributed by atoms with E-state index in [2.05, 4.69) is 15.9 Å². The van der Waals surface area contributed by atoms with Crippen LogP contribution in [0, 0.1) is 0 Å². The van der Waals surface area contributed by atoms with E-state index in [4.69, 9.17) is 9.47 Å². The highest BCUT2D eigenvalue weighted by Crippen LogP contribution is 2.29. The molecular formula is C19H19BrO3. The first kappa shape index (κ1) is 17.3. The van der Waals surface area contributed by atoms with E-state index in [1.807, 2.05) is 48.5 Å². The van der Waals surface area contributed by atoms with Crippen molar-refractivity contribution in [2.75, 3.05) is 11.9 Å². The molecule has 0 radical (unpaired) electrons. The number of allylic oxidation sites excluding steroid dienone is 1. The molecule has 0 N–H and O–H groups in total. The number of alkyl halides is 1. The van der Waals surface area contributed by atoms with E-state index in [9.17, 15) is 4.79 Å². The number of Topliss-reactive ketones (excluding diaryl/α,β-unsaturated/α-hetero) is 1. The SMILES string of the molecule is CC(=O)C(=Cc1ccccc1)Oc1ccccc1OCCCBr. The normalized spacial score (nSPS) is 11.1. The van der Waals surface area contributed by atoms with Gasteiger partial charge in [-0.15, -0.1) is 0 Å². The van der Waals surface area contributed by atoms with E-state index in [0.717, 1.165) is 17.3 Å². The van der Waals surface area contributed by atoms with Crippen molar-refractivity contribution in [3.05, 3.63) is 65.9 Å². The van der Waals surface area contributed by atoms with Gasteiger partial charge in [-0.3, -0.25) is 4.79 Å². The Hall–Kier alpha value is -2.07. The molecule has 0 amide bonds. The van der Waals surface area contributed by atoms with Crippen molar-refractivity contribution in [2.24, 2.45) is 0 Å². The predicted molar refractivity (Wildman–Crippen MR) is 96.1 cm³/mol. The van der Waals surface area contributed by atoms with Gasteiger partial charge in [-0.25, -0.2) is 0 Å². The summed E-state index contributed by atoms with van der Waals surface area (Å²) in [5.74, 6) is 1.32. The van der Waals surface area contributed by atoms with Crippen molar-refractivity contribution in [2.45, 2.75) is 13.3 Å². The lowest BCUT2D eigenvalue weighted by Crippen LogP contribution is -2.07. The monoisotopic (exact) mass is 374 g/mol. The number of hydrogen-bond donors (Lipinski definition) is 0. The number of halogens is 1. The third-order valence-electron chi connectivity index (χ3n) is 3.05. The average Bonchev–Trinajstić information content (AvgIpc) is 2.57. The Morgan fingerprint density at radius 3 is 2.35 bits per heavy atom. The van der Waals surface area contributed by atoms with Gasteiger partial charge in [0, 0.05) is 12.3 Å². The Labute approximate surface area is 145 Å². The molecule has 0 heterocycles. The molecule has 4 heteroatoms. The minimum Gasteiger partial charge on any atom is -0.490 e. The summed E-state index contributed by atoms with van der Waals surface area (Å²) in [6, 6.07) is 17.0. The van der Waals surface area contributed by atoms with Gasteiger partial charge >= 0.3 is 0 Å². The van der Waals surface area contributed by atoms with Crippen LogP contribution < -0.4 is 9.47 Å². The fraction of sp³-hybridized carbons (Fsp3) is 0.211. The second-order valence-electron chi connectivity index (χ2n) is 4.92. The first-order chi connectivity index (χ1) is 11.2. The fourth-order valence-corrected chi connectivity index (χ4v) is 2.14. The van der Waals surface area contributed by atoms with E-state index in [1.165, 1.54) is 6.92 Å². The number of ether oxygens (including phenoxy) is 2. The zero-order chi connectivity index (χ0) is 16.5. The molecule has 0 aromatic heterocycles. The zero-order valence-corrected chi connectivity index (χ0v) is 14.6. The number of benzene rings is 2. The standard InChI is InChI=1S/C19H19BrO3/c1-15(21)19(14-16-8-3-2-4-9-16)23-18-11-6-5-10-17(18)22-13-7-12-20/h2-6,8-11,14H,7,12-13H2,1H3. The average molecular weight is 375 g/mol. The largest absolute Gasteiger partial charge is 0.490 e.